The molecule has 0 aliphatic carbocycles. The topological polar surface area (TPSA) is 92.2 Å². The minimum Gasteiger partial charge on any atom is -0.478 e. The average molecular weight is 306 g/mol. The molecular formula is C14H14N2O4S. The molecule has 0 amide bonds. The van der Waals surface area contributed by atoms with Crippen LogP contribution in [-0.2, 0) is 0 Å². The molecule has 1 saturated heterocycles. The summed E-state index contributed by atoms with van der Waals surface area (Å²) in [4.78, 5) is 37.8. The van der Waals surface area contributed by atoms with E-state index in [1.165, 1.54) is 10.6 Å². The monoisotopic (exact) mass is 306 g/mol. The van der Waals surface area contributed by atoms with E-state index in [2.05, 4.69) is 4.98 Å². The molecule has 0 radical (unpaired) electrons. The van der Waals surface area contributed by atoms with Gasteiger partial charge in [0.2, 0.25) is 0 Å². The van der Waals surface area contributed by atoms with Crippen molar-refractivity contribution in [1.82, 2.24) is 9.55 Å². The minimum atomic E-state index is -1.12. The van der Waals surface area contributed by atoms with Crippen LogP contribution in [0.4, 0.5) is 0 Å². The number of nitrogens with one attached hydrogen (secondary N) is 1. The van der Waals surface area contributed by atoms with E-state index < -0.39 is 17.1 Å². The van der Waals surface area contributed by atoms with Crippen molar-refractivity contribution in [2.45, 2.75) is 18.9 Å². The van der Waals surface area contributed by atoms with Crippen molar-refractivity contribution in [2.24, 2.45) is 0 Å². The standard InChI is InChI=1S/C14H14N2O4S/c17-12-13(18)16(8-4-6-21-7-5-8)10-3-1-2-9(14(19)20)11(10)15-12/h1-3,8H,4-7H2,(H,15,17)(H,19,20). The number of carboxylic acid groups (broad SMARTS) is 1. The highest BCUT2D eigenvalue weighted by molar-refractivity contribution is 7.99. The first kappa shape index (κ1) is 13.9. The lowest BCUT2D eigenvalue weighted by Crippen LogP contribution is -2.39. The van der Waals surface area contributed by atoms with Crippen molar-refractivity contribution in [1.29, 1.82) is 0 Å². The molecule has 0 atom stereocenters. The van der Waals surface area contributed by atoms with Crippen molar-refractivity contribution in [3.05, 3.63) is 44.5 Å². The van der Waals surface area contributed by atoms with Crippen molar-refractivity contribution in [2.75, 3.05) is 11.5 Å². The van der Waals surface area contributed by atoms with Crippen molar-refractivity contribution in [3.8, 4) is 0 Å². The maximum atomic E-state index is 12.2. The van der Waals surface area contributed by atoms with Crippen LogP contribution in [0.1, 0.15) is 29.2 Å². The summed E-state index contributed by atoms with van der Waals surface area (Å²) in [6, 6.07) is 4.65. The zero-order valence-corrected chi connectivity index (χ0v) is 12.0. The average Bonchev–Trinajstić information content (AvgIpc) is 2.49. The zero-order valence-electron chi connectivity index (χ0n) is 11.2. The molecule has 1 aliphatic rings. The number of rotatable bonds is 2. The summed E-state index contributed by atoms with van der Waals surface area (Å²) in [6.07, 6.45) is 1.61. The number of aromatic amines is 1. The molecule has 7 heteroatoms. The second kappa shape index (κ2) is 5.40. The fourth-order valence-corrected chi connectivity index (χ4v) is 3.82. The van der Waals surface area contributed by atoms with Crippen LogP contribution in [0.2, 0.25) is 0 Å². The fraction of sp³-hybridized carbons (Fsp3) is 0.357. The van der Waals surface area contributed by atoms with Crippen LogP contribution in [0.3, 0.4) is 0 Å². The van der Waals surface area contributed by atoms with E-state index >= 15 is 0 Å². The van der Waals surface area contributed by atoms with E-state index in [1.807, 2.05) is 11.8 Å². The molecule has 1 aromatic carbocycles. The number of hydrogen-bond donors (Lipinski definition) is 2. The van der Waals surface area contributed by atoms with Crippen LogP contribution < -0.4 is 11.1 Å². The highest BCUT2D eigenvalue weighted by Gasteiger charge is 2.21. The number of carboxylic acids is 1. The second-order valence-corrected chi connectivity index (χ2v) is 6.20. The zero-order chi connectivity index (χ0) is 15.0. The molecule has 0 spiro atoms. The third kappa shape index (κ3) is 2.37. The van der Waals surface area contributed by atoms with E-state index in [4.69, 9.17) is 0 Å². The quantitative estimate of drug-likeness (QED) is 0.819. The predicted molar refractivity (Wildman–Crippen MR) is 81.4 cm³/mol. The number of benzene rings is 1. The third-order valence-electron chi connectivity index (χ3n) is 3.74. The van der Waals surface area contributed by atoms with Gasteiger partial charge in [-0.15, -0.1) is 0 Å². The van der Waals surface area contributed by atoms with Gasteiger partial charge in [0.05, 0.1) is 16.6 Å². The van der Waals surface area contributed by atoms with E-state index in [9.17, 15) is 19.5 Å². The Labute approximate surface area is 123 Å². The third-order valence-corrected chi connectivity index (χ3v) is 4.79. The number of thioether (sulfide) groups is 1. The van der Waals surface area contributed by atoms with Gasteiger partial charge in [-0.05, 0) is 36.5 Å². The lowest BCUT2D eigenvalue weighted by atomic mass is 10.1. The number of H-pyrrole nitrogens is 1. The van der Waals surface area contributed by atoms with Gasteiger partial charge in [-0.25, -0.2) is 4.79 Å². The fourth-order valence-electron chi connectivity index (χ4n) is 2.74. The summed E-state index contributed by atoms with van der Waals surface area (Å²) in [5.74, 6) is 0.745. The molecule has 0 unspecified atom stereocenters. The molecule has 1 aromatic heterocycles. The summed E-state index contributed by atoms with van der Waals surface area (Å²) in [6.45, 7) is 0. The van der Waals surface area contributed by atoms with E-state index in [1.54, 1.807) is 12.1 Å². The summed E-state index contributed by atoms with van der Waals surface area (Å²) in [7, 11) is 0. The predicted octanol–water partition coefficient (Wildman–Crippen LogP) is 1.46. The summed E-state index contributed by atoms with van der Waals surface area (Å²) in [5, 5.41) is 9.23. The molecule has 0 saturated carbocycles. The number of aromatic nitrogens is 2. The molecule has 3 rings (SSSR count). The Hall–Kier alpha value is -2.02. The smallest absolute Gasteiger partial charge is 0.337 e. The SMILES string of the molecule is O=C(O)c1cccc2c1[nH]c(=O)c(=O)n2C1CCSCC1. The van der Waals surface area contributed by atoms with E-state index in [0.29, 0.717) is 5.52 Å². The largest absolute Gasteiger partial charge is 0.478 e. The van der Waals surface area contributed by atoms with Gasteiger partial charge in [-0.2, -0.15) is 11.8 Å². The molecule has 2 heterocycles. The van der Waals surface area contributed by atoms with E-state index in [0.717, 1.165) is 24.3 Å². The normalized spacial score (nSPS) is 16.2. The van der Waals surface area contributed by atoms with Gasteiger partial charge < -0.3 is 10.1 Å². The minimum absolute atomic E-state index is 0.00327. The highest BCUT2D eigenvalue weighted by Crippen LogP contribution is 2.28. The van der Waals surface area contributed by atoms with Crippen LogP contribution in [0.15, 0.2) is 27.8 Å². The molecule has 2 aromatic rings. The number of nitrogens with zero attached hydrogens (tertiary/aromatic N) is 1. The maximum absolute atomic E-state index is 12.2. The molecule has 110 valence electrons. The van der Waals surface area contributed by atoms with Gasteiger partial charge in [-0.1, -0.05) is 6.07 Å². The van der Waals surface area contributed by atoms with Gasteiger partial charge in [0.25, 0.3) is 0 Å². The van der Waals surface area contributed by atoms with Crippen LogP contribution in [0.5, 0.6) is 0 Å². The van der Waals surface area contributed by atoms with Gasteiger partial charge in [-0.3, -0.25) is 14.2 Å². The Morgan fingerprint density at radius 1 is 1.29 bits per heavy atom. The first-order valence-electron chi connectivity index (χ1n) is 6.68. The second-order valence-electron chi connectivity index (χ2n) is 4.98. The molecule has 1 aliphatic heterocycles. The molecule has 2 N–H and O–H groups in total. The van der Waals surface area contributed by atoms with Crippen LogP contribution in [0, 0.1) is 0 Å². The number of hydrogen-bond acceptors (Lipinski definition) is 4. The van der Waals surface area contributed by atoms with Crippen LogP contribution in [0.25, 0.3) is 11.0 Å². The lowest BCUT2D eigenvalue weighted by molar-refractivity contribution is 0.0698. The first-order chi connectivity index (χ1) is 10.1. The Kier molecular flexibility index (Phi) is 3.59. The van der Waals surface area contributed by atoms with Gasteiger partial charge >= 0.3 is 17.1 Å². The van der Waals surface area contributed by atoms with Gasteiger partial charge in [0.1, 0.15) is 0 Å². The lowest BCUT2D eigenvalue weighted by Gasteiger charge is -2.25. The molecular weight excluding hydrogens is 292 g/mol. The first-order valence-corrected chi connectivity index (χ1v) is 7.83. The van der Waals surface area contributed by atoms with Crippen LogP contribution in [-0.4, -0.2) is 32.1 Å². The van der Waals surface area contributed by atoms with Gasteiger partial charge in [0, 0.05) is 6.04 Å². The number of para-hydroxylation sites is 1. The van der Waals surface area contributed by atoms with Crippen LogP contribution >= 0.6 is 11.8 Å². The van der Waals surface area contributed by atoms with Gasteiger partial charge in [0.15, 0.2) is 0 Å². The number of carbonyl (C=O) groups is 1. The summed E-state index contributed by atoms with van der Waals surface area (Å²) >= 11 is 1.82. The maximum Gasteiger partial charge on any atom is 0.337 e. The number of fused-ring (bicyclic) bond motifs is 1. The Balaban J connectivity index is 2.34. The molecule has 21 heavy (non-hydrogen) atoms. The Morgan fingerprint density at radius 3 is 2.67 bits per heavy atom. The molecule has 0 bridgehead atoms. The summed E-state index contributed by atoms with van der Waals surface area (Å²) in [5.41, 5.74) is -0.677. The van der Waals surface area contributed by atoms with Crippen molar-refractivity contribution >= 4 is 28.8 Å². The van der Waals surface area contributed by atoms with Crippen molar-refractivity contribution < 1.29 is 9.90 Å². The summed E-state index contributed by atoms with van der Waals surface area (Å²) < 4.78 is 1.47. The molecule has 6 nitrogen and oxygen atoms in total. The Bertz CT molecular complexity index is 818. The highest BCUT2D eigenvalue weighted by atomic mass is 32.2. The molecule has 1 fully saturated rings. The van der Waals surface area contributed by atoms with Crippen molar-refractivity contribution in [3.63, 3.8) is 0 Å². The Morgan fingerprint density at radius 2 is 2.00 bits per heavy atom. The van der Waals surface area contributed by atoms with E-state index in [-0.39, 0.29) is 17.1 Å². The number of aromatic carboxylic acids is 1.